The zero-order chi connectivity index (χ0) is 13.8. The first-order chi connectivity index (χ1) is 9.08. The Balaban J connectivity index is 1.98. The summed E-state index contributed by atoms with van der Waals surface area (Å²) in [7, 11) is 0. The van der Waals surface area contributed by atoms with Crippen LogP contribution in [0, 0.1) is 17.5 Å². The number of carbonyl (C=O) groups excluding carboxylic acids is 1. The van der Waals surface area contributed by atoms with Crippen molar-refractivity contribution in [2.24, 2.45) is 0 Å². The number of nitrogens with one attached hydrogen (secondary N) is 2. The molecule has 3 nitrogen and oxygen atoms in total. The number of aromatic nitrogens is 1. The molecule has 0 aliphatic carbocycles. The molecule has 2 N–H and O–H groups in total. The number of amides is 1. The highest BCUT2D eigenvalue weighted by molar-refractivity contribution is 5.94. The van der Waals surface area contributed by atoms with Crippen molar-refractivity contribution >= 4 is 5.91 Å². The average Bonchev–Trinajstić information content (AvgIpc) is 2.86. The van der Waals surface area contributed by atoms with Crippen LogP contribution in [0.25, 0.3) is 0 Å². The fourth-order valence-electron chi connectivity index (χ4n) is 1.63. The van der Waals surface area contributed by atoms with E-state index < -0.39 is 28.9 Å². The fourth-order valence-corrected chi connectivity index (χ4v) is 1.63. The Bertz CT molecular complexity index is 582. The molecule has 0 unspecified atom stereocenters. The van der Waals surface area contributed by atoms with E-state index in [1.54, 1.807) is 6.20 Å². The van der Waals surface area contributed by atoms with Gasteiger partial charge in [0, 0.05) is 30.9 Å². The normalized spacial score (nSPS) is 10.5. The Morgan fingerprint density at radius 3 is 2.58 bits per heavy atom. The van der Waals surface area contributed by atoms with Crippen LogP contribution in [0.5, 0.6) is 0 Å². The zero-order valence-corrected chi connectivity index (χ0v) is 9.84. The summed E-state index contributed by atoms with van der Waals surface area (Å²) < 4.78 is 39.0. The molecule has 1 aromatic heterocycles. The lowest BCUT2D eigenvalue weighted by atomic mass is 10.2. The van der Waals surface area contributed by atoms with Gasteiger partial charge in [0.25, 0.3) is 5.91 Å². The molecule has 2 rings (SSSR count). The van der Waals surface area contributed by atoms with Gasteiger partial charge in [0.2, 0.25) is 0 Å². The molecule has 0 saturated heterocycles. The summed E-state index contributed by atoms with van der Waals surface area (Å²) in [4.78, 5) is 14.6. The first-order valence-electron chi connectivity index (χ1n) is 5.63. The lowest BCUT2D eigenvalue weighted by Gasteiger charge is -2.06. The van der Waals surface area contributed by atoms with Gasteiger partial charge in [-0.2, -0.15) is 0 Å². The van der Waals surface area contributed by atoms with E-state index in [9.17, 15) is 18.0 Å². The van der Waals surface area contributed by atoms with Crippen molar-refractivity contribution in [3.63, 3.8) is 0 Å². The van der Waals surface area contributed by atoms with Gasteiger partial charge < -0.3 is 10.3 Å². The fraction of sp³-hybridized carbons (Fsp3) is 0.154. The standard InChI is InChI=1S/C13H11F3N2O/c14-10-7-12(16)11(15)6-9(10)13(19)18-5-3-8-2-1-4-17-8/h1-2,4,6-7,17H,3,5H2,(H,18,19). The summed E-state index contributed by atoms with van der Waals surface area (Å²) in [5.74, 6) is -4.43. The SMILES string of the molecule is O=C(NCCc1ccc[nH]1)c1cc(F)c(F)cc1F. The molecule has 0 aliphatic heterocycles. The van der Waals surface area contributed by atoms with E-state index in [0.717, 1.165) is 5.69 Å². The van der Waals surface area contributed by atoms with Crippen LogP contribution in [0.2, 0.25) is 0 Å². The van der Waals surface area contributed by atoms with Gasteiger partial charge >= 0.3 is 0 Å². The van der Waals surface area contributed by atoms with E-state index in [1.807, 2.05) is 12.1 Å². The topological polar surface area (TPSA) is 44.9 Å². The number of hydrogen-bond donors (Lipinski definition) is 2. The van der Waals surface area contributed by atoms with Crippen molar-refractivity contribution in [1.29, 1.82) is 0 Å². The van der Waals surface area contributed by atoms with Gasteiger partial charge in [0.1, 0.15) is 5.82 Å². The third-order valence-corrected chi connectivity index (χ3v) is 2.60. The Morgan fingerprint density at radius 2 is 1.89 bits per heavy atom. The van der Waals surface area contributed by atoms with E-state index in [4.69, 9.17) is 0 Å². The van der Waals surface area contributed by atoms with Crippen LogP contribution in [0.4, 0.5) is 13.2 Å². The van der Waals surface area contributed by atoms with Crippen molar-refractivity contribution in [1.82, 2.24) is 10.3 Å². The summed E-state index contributed by atoms with van der Waals surface area (Å²) in [5.41, 5.74) is 0.399. The first-order valence-corrected chi connectivity index (χ1v) is 5.63. The van der Waals surface area contributed by atoms with E-state index in [-0.39, 0.29) is 6.54 Å². The summed E-state index contributed by atoms with van der Waals surface area (Å²) in [6.07, 6.45) is 2.27. The molecule has 0 radical (unpaired) electrons. The molecule has 6 heteroatoms. The van der Waals surface area contributed by atoms with Crippen molar-refractivity contribution in [3.05, 3.63) is 59.2 Å². The molecule has 19 heavy (non-hydrogen) atoms. The molecule has 0 atom stereocenters. The van der Waals surface area contributed by atoms with Gasteiger partial charge in [-0.25, -0.2) is 13.2 Å². The molecule has 0 fully saturated rings. The largest absolute Gasteiger partial charge is 0.365 e. The molecule has 0 bridgehead atoms. The second-order valence-electron chi connectivity index (χ2n) is 3.95. The average molecular weight is 268 g/mol. The highest BCUT2D eigenvalue weighted by Gasteiger charge is 2.15. The number of benzene rings is 1. The van der Waals surface area contributed by atoms with Crippen LogP contribution in [0.3, 0.4) is 0 Å². The Morgan fingerprint density at radius 1 is 1.16 bits per heavy atom. The second kappa shape index (κ2) is 5.60. The van der Waals surface area contributed by atoms with Gasteiger partial charge in [0.15, 0.2) is 11.6 Å². The molecule has 2 aromatic rings. The third kappa shape index (κ3) is 3.15. The maximum absolute atomic E-state index is 13.3. The summed E-state index contributed by atoms with van der Waals surface area (Å²) in [6, 6.07) is 4.56. The highest BCUT2D eigenvalue weighted by Crippen LogP contribution is 2.13. The highest BCUT2D eigenvalue weighted by atomic mass is 19.2. The van der Waals surface area contributed by atoms with E-state index in [2.05, 4.69) is 10.3 Å². The second-order valence-corrected chi connectivity index (χ2v) is 3.95. The lowest BCUT2D eigenvalue weighted by molar-refractivity contribution is 0.0949. The maximum atomic E-state index is 13.3. The molecule has 0 saturated carbocycles. The number of hydrogen-bond acceptors (Lipinski definition) is 1. The molecule has 1 heterocycles. The minimum absolute atomic E-state index is 0.262. The number of halogens is 3. The molecule has 1 aromatic carbocycles. The zero-order valence-electron chi connectivity index (χ0n) is 9.84. The molecule has 0 spiro atoms. The number of carbonyl (C=O) groups is 1. The molecule has 100 valence electrons. The predicted octanol–water partition coefficient (Wildman–Crippen LogP) is 2.40. The molecule has 1 amide bonds. The number of rotatable bonds is 4. The monoisotopic (exact) mass is 268 g/mol. The van der Waals surface area contributed by atoms with E-state index >= 15 is 0 Å². The third-order valence-electron chi connectivity index (χ3n) is 2.60. The quantitative estimate of drug-likeness (QED) is 0.822. The summed E-state index contributed by atoms with van der Waals surface area (Å²) >= 11 is 0. The van der Waals surface area contributed by atoms with Crippen LogP contribution < -0.4 is 5.32 Å². The van der Waals surface area contributed by atoms with Gasteiger partial charge in [0.05, 0.1) is 5.56 Å². The van der Waals surface area contributed by atoms with Crippen molar-refractivity contribution < 1.29 is 18.0 Å². The Labute approximate surface area is 107 Å². The summed E-state index contributed by atoms with van der Waals surface area (Å²) in [5, 5.41) is 2.44. The van der Waals surface area contributed by atoms with Crippen molar-refractivity contribution in [2.45, 2.75) is 6.42 Å². The van der Waals surface area contributed by atoms with Crippen LogP contribution in [0.1, 0.15) is 16.1 Å². The minimum atomic E-state index is -1.32. The van der Waals surface area contributed by atoms with E-state index in [0.29, 0.717) is 18.6 Å². The van der Waals surface area contributed by atoms with Crippen LogP contribution in [0.15, 0.2) is 30.5 Å². The van der Waals surface area contributed by atoms with Crippen LogP contribution in [-0.2, 0) is 6.42 Å². The number of H-pyrrole nitrogens is 1. The van der Waals surface area contributed by atoms with Crippen molar-refractivity contribution in [3.8, 4) is 0 Å². The van der Waals surface area contributed by atoms with Gasteiger partial charge in [-0.15, -0.1) is 0 Å². The van der Waals surface area contributed by atoms with Crippen LogP contribution >= 0.6 is 0 Å². The van der Waals surface area contributed by atoms with E-state index in [1.165, 1.54) is 0 Å². The molecular formula is C13H11F3N2O. The Hall–Kier alpha value is -2.24. The number of aromatic amines is 1. The summed E-state index contributed by atoms with van der Waals surface area (Å²) in [6.45, 7) is 0.262. The Kier molecular flexibility index (Phi) is 3.89. The first kappa shape index (κ1) is 13.2. The predicted molar refractivity (Wildman–Crippen MR) is 63.1 cm³/mol. The van der Waals surface area contributed by atoms with Gasteiger partial charge in [-0.05, 0) is 18.2 Å². The van der Waals surface area contributed by atoms with Crippen molar-refractivity contribution in [2.75, 3.05) is 6.54 Å². The lowest BCUT2D eigenvalue weighted by Crippen LogP contribution is -2.27. The minimum Gasteiger partial charge on any atom is -0.365 e. The molecular weight excluding hydrogens is 257 g/mol. The van der Waals surface area contributed by atoms with Gasteiger partial charge in [-0.1, -0.05) is 0 Å². The van der Waals surface area contributed by atoms with Gasteiger partial charge in [-0.3, -0.25) is 4.79 Å². The molecule has 0 aliphatic rings. The smallest absolute Gasteiger partial charge is 0.254 e. The van der Waals surface area contributed by atoms with Crippen LogP contribution in [-0.4, -0.2) is 17.4 Å². The maximum Gasteiger partial charge on any atom is 0.254 e.